The molecule has 1 aromatic rings. The molecule has 0 bridgehead atoms. The lowest BCUT2D eigenvalue weighted by molar-refractivity contribution is -0.161. The summed E-state index contributed by atoms with van der Waals surface area (Å²) in [6, 6.07) is 8.54. The van der Waals surface area contributed by atoms with Crippen LogP contribution in [0.4, 0.5) is 0 Å². The molecule has 0 heterocycles. The molecule has 92 valence electrons. The maximum absolute atomic E-state index is 11.5. The Morgan fingerprint density at radius 3 is 2.18 bits per heavy atom. The van der Waals surface area contributed by atoms with Crippen LogP contribution >= 0.6 is 0 Å². The summed E-state index contributed by atoms with van der Waals surface area (Å²) in [5.41, 5.74) is -0.168. The smallest absolute Gasteiger partial charge is 0.340 e. The largest absolute Gasteiger partial charge is 0.427 e. The van der Waals surface area contributed by atoms with Gasteiger partial charge in [0.2, 0.25) is 6.79 Å². The fourth-order valence-corrected chi connectivity index (χ4v) is 1.01. The van der Waals surface area contributed by atoms with Gasteiger partial charge in [-0.25, -0.2) is 4.79 Å². The fraction of sp³-hybridized carbons (Fsp3) is 0.385. The predicted octanol–water partition coefficient (Wildman–Crippen LogP) is 2.39. The van der Waals surface area contributed by atoms with E-state index < -0.39 is 17.4 Å². The second kappa shape index (κ2) is 5.48. The third kappa shape index (κ3) is 4.26. The van der Waals surface area contributed by atoms with Gasteiger partial charge < -0.3 is 9.47 Å². The van der Waals surface area contributed by atoms with Gasteiger partial charge in [-0.3, -0.25) is 4.79 Å². The molecular formula is C13H16O4. The summed E-state index contributed by atoms with van der Waals surface area (Å²) in [5.74, 6) is -0.911. The van der Waals surface area contributed by atoms with Crippen molar-refractivity contribution < 1.29 is 19.1 Å². The Bertz CT molecular complexity index is 390. The van der Waals surface area contributed by atoms with E-state index in [1.807, 2.05) is 0 Å². The van der Waals surface area contributed by atoms with E-state index in [0.29, 0.717) is 5.56 Å². The summed E-state index contributed by atoms with van der Waals surface area (Å²) in [6.45, 7) is 4.83. The second-order valence-corrected chi connectivity index (χ2v) is 4.60. The highest BCUT2D eigenvalue weighted by atomic mass is 16.7. The van der Waals surface area contributed by atoms with Crippen molar-refractivity contribution in [3.8, 4) is 0 Å². The summed E-state index contributed by atoms with van der Waals surface area (Å²) in [5, 5.41) is 0. The Kier molecular flexibility index (Phi) is 4.26. The van der Waals surface area contributed by atoms with E-state index in [2.05, 4.69) is 0 Å². The summed E-state index contributed by atoms with van der Waals surface area (Å²) in [7, 11) is 0. The number of rotatable bonds is 3. The summed E-state index contributed by atoms with van der Waals surface area (Å²) >= 11 is 0. The molecule has 0 aliphatic carbocycles. The van der Waals surface area contributed by atoms with Gasteiger partial charge in [0.15, 0.2) is 0 Å². The molecule has 0 atom stereocenters. The van der Waals surface area contributed by atoms with Crippen LogP contribution in [0.15, 0.2) is 30.3 Å². The predicted molar refractivity (Wildman–Crippen MR) is 62.3 cm³/mol. The van der Waals surface area contributed by atoms with Crippen LogP contribution in [0.3, 0.4) is 0 Å². The molecule has 0 N–H and O–H groups in total. The Morgan fingerprint density at radius 1 is 1.06 bits per heavy atom. The standard InChI is InChI=1S/C13H16O4/c1-13(2,3)12(15)17-9-16-11(14)10-7-5-4-6-8-10/h4-8H,9H2,1-3H3. The molecule has 4 nitrogen and oxygen atoms in total. The Balaban J connectivity index is 2.38. The maximum atomic E-state index is 11.5. The first kappa shape index (κ1) is 13.2. The summed E-state index contributed by atoms with van der Waals surface area (Å²) in [4.78, 5) is 22.8. The first-order chi connectivity index (χ1) is 7.91. The van der Waals surface area contributed by atoms with Crippen molar-refractivity contribution in [2.24, 2.45) is 5.41 Å². The molecule has 17 heavy (non-hydrogen) atoms. The van der Waals surface area contributed by atoms with Gasteiger partial charge in [-0.05, 0) is 32.9 Å². The van der Waals surface area contributed by atoms with Crippen molar-refractivity contribution in [1.82, 2.24) is 0 Å². The number of ether oxygens (including phenoxy) is 2. The molecule has 0 aliphatic heterocycles. The average Bonchev–Trinajstić information content (AvgIpc) is 2.28. The van der Waals surface area contributed by atoms with Crippen LogP contribution in [-0.2, 0) is 14.3 Å². The Morgan fingerprint density at radius 2 is 1.65 bits per heavy atom. The molecule has 1 aromatic carbocycles. The zero-order valence-electron chi connectivity index (χ0n) is 10.2. The maximum Gasteiger partial charge on any atom is 0.340 e. The number of hydrogen-bond acceptors (Lipinski definition) is 4. The number of hydrogen-bond donors (Lipinski definition) is 0. The SMILES string of the molecule is CC(C)(C)C(=O)OCOC(=O)c1ccccc1. The Labute approximate surface area is 101 Å². The lowest BCUT2D eigenvalue weighted by atomic mass is 9.98. The molecule has 0 saturated heterocycles. The first-order valence-electron chi connectivity index (χ1n) is 5.30. The van der Waals surface area contributed by atoms with E-state index in [1.165, 1.54) is 0 Å². The van der Waals surface area contributed by atoms with Crippen LogP contribution < -0.4 is 0 Å². The second-order valence-electron chi connectivity index (χ2n) is 4.60. The molecule has 0 aliphatic rings. The summed E-state index contributed by atoms with van der Waals surface area (Å²) in [6.07, 6.45) is 0. The lowest BCUT2D eigenvalue weighted by Crippen LogP contribution is -2.24. The van der Waals surface area contributed by atoms with Gasteiger partial charge in [0.25, 0.3) is 0 Å². The highest BCUT2D eigenvalue weighted by Crippen LogP contribution is 2.15. The van der Waals surface area contributed by atoms with Gasteiger partial charge in [0.05, 0.1) is 11.0 Å². The first-order valence-corrected chi connectivity index (χ1v) is 5.30. The molecule has 0 aromatic heterocycles. The molecule has 4 heteroatoms. The number of carbonyl (C=O) groups is 2. The van der Waals surface area contributed by atoms with Crippen molar-refractivity contribution in [3.63, 3.8) is 0 Å². The van der Waals surface area contributed by atoms with E-state index in [1.54, 1.807) is 51.1 Å². The number of benzene rings is 1. The van der Waals surface area contributed by atoms with Crippen molar-refractivity contribution in [2.75, 3.05) is 6.79 Å². The minimum Gasteiger partial charge on any atom is -0.427 e. The van der Waals surface area contributed by atoms with Gasteiger partial charge in [-0.2, -0.15) is 0 Å². The third-order valence-corrected chi connectivity index (χ3v) is 2.00. The summed E-state index contributed by atoms with van der Waals surface area (Å²) < 4.78 is 9.63. The normalized spacial score (nSPS) is 10.8. The van der Waals surface area contributed by atoms with Gasteiger partial charge in [-0.15, -0.1) is 0 Å². The van der Waals surface area contributed by atoms with E-state index >= 15 is 0 Å². The van der Waals surface area contributed by atoms with E-state index in [0.717, 1.165) is 0 Å². The lowest BCUT2D eigenvalue weighted by Gasteiger charge is -2.16. The van der Waals surface area contributed by atoms with Crippen molar-refractivity contribution >= 4 is 11.9 Å². The highest BCUT2D eigenvalue weighted by molar-refractivity contribution is 5.89. The van der Waals surface area contributed by atoms with E-state index in [9.17, 15) is 9.59 Å². The van der Waals surface area contributed by atoms with Crippen LogP contribution in [0.5, 0.6) is 0 Å². The third-order valence-electron chi connectivity index (χ3n) is 2.00. The highest BCUT2D eigenvalue weighted by Gasteiger charge is 2.23. The van der Waals surface area contributed by atoms with Crippen molar-refractivity contribution in [1.29, 1.82) is 0 Å². The number of esters is 2. The minimum atomic E-state index is -0.598. The zero-order chi connectivity index (χ0) is 12.9. The van der Waals surface area contributed by atoms with Gasteiger partial charge in [-0.1, -0.05) is 18.2 Å². The van der Waals surface area contributed by atoms with E-state index in [-0.39, 0.29) is 6.79 Å². The van der Waals surface area contributed by atoms with Crippen molar-refractivity contribution in [2.45, 2.75) is 20.8 Å². The molecule has 0 fully saturated rings. The molecule has 0 radical (unpaired) electrons. The number of carbonyl (C=O) groups excluding carboxylic acids is 2. The van der Waals surface area contributed by atoms with Crippen molar-refractivity contribution in [3.05, 3.63) is 35.9 Å². The molecule has 0 spiro atoms. The van der Waals surface area contributed by atoms with Crippen LogP contribution in [0, 0.1) is 5.41 Å². The van der Waals surface area contributed by atoms with Gasteiger partial charge in [0, 0.05) is 0 Å². The minimum absolute atomic E-state index is 0.357. The van der Waals surface area contributed by atoms with Gasteiger partial charge >= 0.3 is 11.9 Å². The van der Waals surface area contributed by atoms with Gasteiger partial charge in [0.1, 0.15) is 0 Å². The fourth-order valence-electron chi connectivity index (χ4n) is 1.01. The molecule has 0 unspecified atom stereocenters. The zero-order valence-corrected chi connectivity index (χ0v) is 10.2. The molecule has 1 rings (SSSR count). The Hall–Kier alpha value is -1.84. The topological polar surface area (TPSA) is 52.6 Å². The van der Waals surface area contributed by atoms with E-state index in [4.69, 9.17) is 9.47 Å². The molecular weight excluding hydrogens is 220 g/mol. The molecule has 0 amide bonds. The molecule has 0 saturated carbocycles. The monoisotopic (exact) mass is 236 g/mol. The van der Waals surface area contributed by atoms with Crippen LogP contribution in [0.1, 0.15) is 31.1 Å². The van der Waals surface area contributed by atoms with Crippen LogP contribution in [0.2, 0.25) is 0 Å². The quantitative estimate of drug-likeness (QED) is 0.597. The van der Waals surface area contributed by atoms with Crippen LogP contribution in [-0.4, -0.2) is 18.7 Å². The van der Waals surface area contributed by atoms with Crippen LogP contribution in [0.25, 0.3) is 0 Å². The average molecular weight is 236 g/mol.